The van der Waals surface area contributed by atoms with Crippen molar-refractivity contribution < 1.29 is 14.1 Å². The topological polar surface area (TPSA) is 94.2 Å². The first-order valence-electron chi connectivity index (χ1n) is 7.50. The van der Waals surface area contributed by atoms with Crippen LogP contribution in [0.5, 0.6) is 0 Å². The Bertz CT molecular complexity index is 675. The standard InChI is InChI=1S/C15H19N5O3/c1-15(14-18-12(9-22-2)23-19-14)4-3-7-20(10-15)13(21)11-8-16-5-6-17-11/h5-6,8H,3-4,7,9-10H2,1-2H3. The molecule has 0 spiro atoms. The molecule has 1 amide bonds. The number of carbonyl (C=O) groups excluding carboxylic acids is 1. The molecule has 0 aliphatic carbocycles. The van der Waals surface area contributed by atoms with E-state index in [-0.39, 0.29) is 17.9 Å². The van der Waals surface area contributed by atoms with Crippen LogP contribution in [0.2, 0.25) is 0 Å². The van der Waals surface area contributed by atoms with Gasteiger partial charge in [0, 0.05) is 38.0 Å². The fourth-order valence-electron chi connectivity index (χ4n) is 2.85. The van der Waals surface area contributed by atoms with E-state index < -0.39 is 0 Å². The second kappa shape index (κ2) is 6.41. The van der Waals surface area contributed by atoms with Crippen molar-refractivity contribution in [3.63, 3.8) is 0 Å². The minimum Gasteiger partial charge on any atom is -0.375 e. The number of ether oxygens (including phenoxy) is 1. The second-order valence-electron chi connectivity index (χ2n) is 5.93. The van der Waals surface area contributed by atoms with Crippen molar-refractivity contribution in [1.29, 1.82) is 0 Å². The molecule has 1 aliphatic rings. The minimum absolute atomic E-state index is 0.121. The van der Waals surface area contributed by atoms with Gasteiger partial charge in [0.25, 0.3) is 11.8 Å². The van der Waals surface area contributed by atoms with E-state index in [2.05, 4.69) is 20.1 Å². The SMILES string of the molecule is COCc1nc(C2(C)CCCN(C(=O)c3cnccn3)C2)no1. The van der Waals surface area contributed by atoms with Crippen LogP contribution in [0.4, 0.5) is 0 Å². The van der Waals surface area contributed by atoms with Gasteiger partial charge < -0.3 is 14.2 Å². The van der Waals surface area contributed by atoms with Crippen molar-refractivity contribution in [2.45, 2.75) is 31.8 Å². The number of aromatic nitrogens is 4. The van der Waals surface area contributed by atoms with Crippen molar-refractivity contribution in [3.05, 3.63) is 36.0 Å². The molecule has 0 bridgehead atoms. The van der Waals surface area contributed by atoms with Gasteiger partial charge in [-0.1, -0.05) is 12.1 Å². The Kier molecular flexibility index (Phi) is 4.33. The molecule has 0 N–H and O–H groups in total. The quantitative estimate of drug-likeness (QED) is 0.836. The second-order valence-corrected chi connectivity index (χ2v) is 5.93. The molecule has 0 aromatic carbocycles. The molecule has 2 aromatic heterocycles. The predicted molar refractivity (Wildman–Crippen MR) is 79.5 cm³/mol. The van der Waals surface area contributed by atoms with Gasteiger partial charge >= 0.3 is 0 Å². The van der Waals surface area contributed by atoms with Gasteiger partial charge in [-0.15, -0.1) is 0 Å². The van der Waals surface area contributed by atoms with Crippen LogP contribution in [0, 0.1) is 0 Å². The van der Waals surface area contributed by atoms with Gasteiger partial charge in [-0.2, -0.15) is 4.98 Å². The number of hydrogen-bond acceptors (Lipinski definition) is 7. The number of methoxy groups -OCH3 is 1. The molecule has 122 valence electrons. The van der Waals surface area contributed by atoms with Gasteiger partial charge in [0.05, 0.1) is 6.20 Å². The van der Waals surface area contributed by atoms with Crippen LogP contribution in [-0.2, 0) is 16.8 Å². The molecule has 8 nitrogen and oxygen atoms in total. The molecule has 23 heavy (non-hydrogen) atoms. The summed E-state index contributed by atoms with van der Waals surface area (Å²) in [6.45, 7) is 3.54. The van der Waals surface area contributed by atoms with E-state index in [9.17, 15) is 4.79 Å². The maximum atomic E-state index is 12.6. The van der Waals surface area contributed by atoms with Crippen molar-refractivity contribution in [3.8, 4) is 0 Å². The van der Waals surface area contributed by atoms with Gasteiger partial charge in [0.15, 0.2) is 5.82 Å². The lowest BCUT2D eigenvalue weighted by Gasteiger charge is -2.38. The molecule has 1 aliphatic heterocycles. The molecular formula is C15H19N5O3. The minimum atomic E-state index is -0.342. The Morgan fingerprint density at radius 1 is 1.48 bits per heavy atom. The van der Waals surface area contributed by atoms with Gasteiger partial charge in [-0.05, 0) is 12.8 Å². The third kappa shape index (κ3) is 3.21. The summed E-state index contributed by atoms with van der Waals surface area (Å²) in [5, 5.41) is 4.06. The molecule has 1 fully saturated rings. The van der Waals surface area contributed by atoms with Gasteiger partial charge in [0.1, 0.15) is 12.3 Å². The molecule has 0 radical (unpaired) electrons. The smallest absolute Gasteiger partial charge is 0.274 e. The van der Waals surface area contributed by atoms with E-state index in [0.29, 0.717) is 30.5 Å². The van der Waals surface area contributed by atoms with E-state index in [0.717, 1.165) is 12.8 Å². The predicted octanol–water partition coefficient (Wildman–Crippen LogP) is 1.20. The Balaban J connectivity index is 1.77. The summed E-state index contributed by atoms with van der Waals surface area (Å²) in [5.41, 5.74) is 0.0101. The monoisotopic (exact) mass is 317 g/mol. The van der Waals surface area contributed by atoms with Gasteiger partial charge in [0.2, 0.25) is 0 Å². The Hall–Kier alpha value is -2.35. The van der Waals surface area contributed by atoms with Crippen LogP contribution in [0.15, 0.2) is 23.1 Å². The van der Waals surface area contributed by atoms with Crippen LogP contribution in [0.25, 0.3) is 0 Å². The Morgan fingerprint density at radius 3 is 3.09 bits per heavy atom. The average molecular weight is 317 g/mol. The summed E-state index contributed by atoms with van der Waals surface area (Å²) >= 11 is 0. The van der Waals surface area contributed by atoms with Crippen LogP contribution in [0.1, 0.15) is 42.0 Å². The summed E-state index contributed by atoms with van der Waals surface area (Å²) in [7, 11) is 1.58. The first kappa shape index (κ1) is 15.5. The van der Waals surface area contributed by atoms with E-state index in [4.69, 9.17) is 9.26 Å². The number of rotatable bonds is 4. The summed E-state index contributed by atoms with van der Waals surface area (Å²) in [6, 6.07) is 0. The Morgan fingerprint density at radius 2 is 2.35 bits per heavy atom. The highest BCUT2D eigenvalue weighted by Gasteiger charge is 2.38. The molecule has 1 atom stereocenters. The van der Waals surface area contributed by atoms with E-state index in [1.807, 2.05) is 6.92 Å². The van der Waals surface area contributed by atoms with E-state index in [1.165, 1.54) is 12.4 Å². The highest BCUT2D eigenvalue weighted by molar-refractivity contribution is 5.92. The Labute approximate surface area is 133 Å². The van der Waals surface area contributed by atoms with E-state index >= 15 is 0 Å². The van der Waals surface area contributed by atoms with Crippen LogP contribution in [-0.4, -0.2) is 51.1 Å². The summed E-state index contributed by atoms with van der Waals surface area (Å²) in [6.07, 6.45) is 6.32. The molecule has 3 heterocycles. The molecule has 0 saturated carbocycles. The highest BCUT2D eigenvalue weighted by atomic mass is 16.5. The molecule has 8 heteroatoms. The lowest BCUT2D eigenvalue weighted by Crippen LogP contribution is -2.47. The number of nitrogens with zero attached hydrogens (tertiary/aromatic N) is 5. The fraction of sp³-hybridized carbons (Fsp3) is 0.533. The zero-order valence-electron chi connectivity index (χ0n) is 13.2. The average Bonchev–Trinajstić information content (AvgIpc) is 3.05. The van der Waals surface area contributed by atoms with Crippen molar-refractivity contribution in [2.24, 2.45) is 0 Å². The lowest BCUT2D eigenvalue weighted by molar-refractivity contribution is 0.0635. The number of piperidine rings is 1. The molecule has 2 aromatic rings. The van der Waals surface area contributed by atoms with Crippen molar-refractivity contribution in [2.75, 3.05) is 20.2 Å². The largest absolute Gasteiger partial charge is 0.375 e. The number of hydrogen-bond donors (Lipinski definition) is 0. The summed E-state index contributed by atoms with van der Waals surface area (Å²) < 4.78 is 10.2. The molecule has 3 rings (SSSR count). The van der Waals surface area contributed by atoms with Crippen molar-refractivity contribution >= 4 is 5.91 Å². The molecular weight excluding hydrogens is 298 g/mol. The lowest BCUT2D eigenvalue weighted by atomic mass is 9.81. The highest BCUT2D eigenvalue weighted by Crippen LogP contribution is 2.32. The first-order valence-corrected chi connectivity index (χ1v) is 7.50. The maximum absolute atomic E-state index is 12.6. The van der Waals surface area contributed by atoms with Gasteiger partial charge in [-0.3, -0.25) is 9.78 Å². The maximum Gasteiger partial charge on any atom is 0.274 e. The summed E-state index contributed by atoms with van der Waals surface area (Å²) in [5.74, 6) is 0.937. The van der Waals surface area contributed by atoms with Crippen LogP contribution < -0.4 is 0 Å². The van der Waals surface area contributed by atoms with Crippen molar-refractivity contribution in [1.82, 2.24) is 25.0 Å². The molecule has 1 saturated heterocycles. The van der Waals surface area contributed by atoms with Crippen LogP contribution in [0.3, 0.4) is 0 Å². The zero-order valence-corrected chi connectivity index (χ0v) is 13.2. The number of likely N-dealkylation sites (tertiary alicyclic amines) is 1. The third-order valence-electron chi connectivity index (χ3n) is 4.04. The van der Waals surface area contributed by atoms with Crippen LogP contribution >= 0.6 is 0 Å². The number of carbonyl (C=O) groups is 1. The third-order valence-corrected chi connectivity index (χ3v) is 4.04. The number of amides is 1. The van der Waals surface area contributed by atoms with E-state index in [1.54, 1.807) is 18.2 Å². The normalized spacial score (nSPS) is 21.4. The zero-order chi connectivity index (χ0) is 16.3. The fourth-order valence-corrected chi connectivity index (χ4v) is 2.85. The first-order chi connectivity index (χ1) is 11.1. The summed E-state index contributed by atoms with van der Waals surface area (Å²) in [4.78, 5) is 26.8. The molecule has 1 unspecified atom stereocenters. The van der Waals surface area contributed by atoms with Gasteiger partial charge in [-0.25, -0.2) is 4.98 Å².